The largest absolute Gasteiger partial charge is 0.472 e. The molecule has 5 atom stereocenters. The van der Waals surface area contributed by atoms with E-state index in [0.717, 1.165) is 64.2 Å². The van der Waals surface area contributed by atoms with E-state index < -0.39 is 70.6 Å². The van der Waals surface area contributed by atoms with Gasteiger partial charge in [-0.1, -0.05) is 142 Å². The number of rotatable bonds is 39. The highest BCUT2D eigenvalue weighted by Crippen LogP contribution is 2.43. The minimum Gasteiger partial charge on any atom is -0.462 e. The van der Waals surface area contributed by atoms with Gasteiger partial charge >= 0.3 is 19.8 Å². The van der Waals surface area contributed by atoms with Crippen molar-refractivity contribution in [2.45, 2.75) is 154 Å². The molecule has 0 aliphatic carbocycles. The maximum absolute atomic E-state index is 12.6. The number of aliphatic hydroxyl groups is 4. The molecule has 346 valence electrons. The van der Waals surface area contributed by atoms with Crippen LogP contribution in [0.1, 0.15) is 129 Å². The zero-order valence-electron chi connectivity index (χ0n) is 36.8. The lowest BCUT2D eigenvalue weighted by molar-refractivity contribution is -0.161. The molecule has 0 aromatic rings. The maximum Gasteiger partial charge on any atom is 0.472 e. The van der Waals surface area contributed by atoms with Crippen LogP contribution in [-0.2, 0) is 32.7 Å². The van der Waals surface area contributed by atoms with Crippen molar-refractivity contribution < 1.29 is 58.0 Å². The Hall–Kier alpha value is -3.45. The Morgan fingerprint density at radius 2 is 1.13 bits per heavy atom. The molecule has 0 amide bonds. The quantitative estimate of drug-likeness (QED) is 0.0129. The molecule has 0 bridgehead atoms. The first-order valence-electron chi connectivity index (χ1n) is 22.1. The minimum atomic E-state index is -4.70. The summed E-state index contributed by atoms with van der Waals surface area (Å²) in [7, 11) is -4.70. The molecule has 61 heavy (non-hydrogen) atoms. The van der Waals surface area contributed by atoms with Crippen molar-refractivity contribution in [2.24, 2.45) is 0 Å². The van der Waals surface area contributed by atoms with Gasteiger partial charge in [0.15, 0.2) is 6.10 Å². The number of esters is 2. The Morgan fingerprint density at radius 1 is 0.590 bits per heavy atom. The first-order chi connectivity index (χ1) is 29.5. The fourth-order valence-corrected chi connectivity index (χ4v) is 5.94. The van der Waals surface area contributed by atoms with Gasteiger partial charge in [-0.25, -0.2) is 4.57 Å². The molecular weight excluding hydrogens is 799 g/mol. The van der Waals surface area contributed by atoms with Crippen molar-refractivity contribution in [1.29, 1.82) is 0 Å². The number of hydrogen-bond acceptors (Lipinski definition) is 11. The fraction of sp³-hybridized carbons (Fsp3) is 0.583. The van der Waals surface area contributed by atoms with Crippen LogP contribution >= 0.6 is 7.82 Å². The van der Waals surface area contributed by atoms with Gasteiger partial charge in [-0.2, -0.15) is 0 Å². The van der Waals surface area contributed by atoms with E-state index >= 15 is 0 Å². The maximum atomic E-state index is 12.6. The SMILES string of the molecule is CC/C=C\C/C=C\C/C=C\C/C=C\C/C=C\CCCCCC(=O)O[C@H](COC(=O)CCC[C@H](O)\C=C/C=C/C=C/[C@H](O)C/C=C\CCCCC)COP(=O)(O)OC[C@@H](O)CO. The lowest BCUT2D eigenvalue weighted by Gasteiger charge is -2.20. The summed E-state index contributed by atoms with van der Waals surface area (Å²) in [5.41, 5.74) is 0. The molecule has 5 N–H and O–H groups in total. The van der Waals surface area contributed by atoms with Crippen molar-refractivity contribution in [3.8, 4) is 0 Å². The number of carbonyl (C=O) groups is 2. The molecule has 1 unspecified atom stereocenters. The van der Waals surface area contributed by atoms with E-state index in [2.05, 4.69) is 85.2 Å². The first kappa shape index (κ1) is 57.5. The lowest BCUT2D eigenvalue weighted by atomic mass is 10.1. The summed E-state index contributed by atoms with van der Waals surface area (Å²) in [5.74, 6) is -1.22. The predicted octanol–water partition coefficient (Wildman–Crippen LogP) is 9.72. The van der Waals surface area contributed by atoms with Crippen molar-refractivity contribution >= 4 is 19.8 Å². The van der Waals surface area contributed by atoms with E-state index in [1.807, 2.05) is 6.08 Å². The van der Waals surface area contributed by atoms with Crippen LogP contribution in [0.25, 0.3) is 0 Å². The summed E-state index contributed by atoms with van der Waals surface area (Å²) in [5, 5.41) is 38.6. The van der Waals surface area contributed by atoms with Crippen molar-refractivity contribution in [1.82, 2.24) is 0 Å². The molecule has 0 saturated heterocycles. The van der Waals surface area contributed by atoms with Gasteiger partial charge in [0.25, 0.3) is 0 Å². The standard InChI is InChI=1S/C48H77O12P/c1-3-5-7-9-11-12-13-14-15-16-17-18-19-20-21-22-23-25-31-37-48(54)60-46(42-59-61(55,56)58-40-45(52)39-49)41-57-47(53)38-32-36-44(51)35-30-27-26-29-34-43(50)33-28-24-10-8-6-4-2/h5,7,11-12,14-15,17-18,20-21,24,26-30,34-35,43-46,49-52H,3-4,6,8-10,13,16,19,22-23,25,31-33,36-42H2,1-2H3,(H,55,56)/b7-5-,12-11-,15-14-,18-17-,21-20-,27-26+,28-24-,34-29+,35-30-/t43-,44-,45+,46-/m1/s1. The number of phosphoric ester groups is 1. The van der Waals surface area contributed by atoms with Gasteiger partial charge in [0.1, 0.15) is 12.7 Å². The average molecular weight is 877 g/mol. The van der Waals surface area contributed by atoms with Gasteiger partial charge in [-0.15, -0.1) is 0 Å². The summed E-state index contributed by atoms with van der Waals surface area (Å²) >= 11 is 0. The summed E-state index contributed by atoms with van der Waals surface area (Å²) in [6, 6.07) is 0. The Balaban J connectivity index is 4.63. The van der Waals surface area contributed by atoms with Crippen LogP contribution in [0.3, 0.4) is 0 Å². The van der Waals surface area contributed by atoms with Crippen molar-refractivity contribution in [3.05, 3.63) is 109 Å². The van der Waals surface area contributed by atoms with E-state index in [4.69, 9.17) is 19.1 Å². The van der Waals surface area contributed by atoms with Crippen LogP contribution in [0, 0.1) is 0 Å². The van der Waals surface area contributed by atoms with Crippen molar-refractivity contribution in [3.63, 3.8) is 0 Å². The van der Waals surface area contributed by atoms with E-state index in [1.54, 1.807) is 36.5 Å². The molecular formula is C48H77O12P. The number of phosphoric acid groups is 1. The molecule has 0 rings (SSSR count). The van der Waals surface area contributed by atoms with Gasteiger partial charge in [0.2, 0.25) is 0 Å². The van der Waals surface area contributed by atoms with Gasteiger partial charge in [-0.3, -0.25) is 18.6 Å². The third-order valence-corrected chi connectivity index (χ3v) is 9.55. The average Bonchev–Trinajstić information content (AvgIpc) is 3.24. The summed E-state index contributed by atoms with van der Waals surface area (Å²) in [4.78, 5) is 35.0. The molecule has 0 fully saturated rings. The molecule has 12 nitrogen and oxygen atoms in total. The number of unbranched alkanes of at least 4 members (excludes halogenated alkanes) is 6. The fourth-order valence-electron chi connectivity index (χ4n) is 5.15. The predicted molar refractivity (Wildman–Crippen MR) is 244 cm³/mol. The molecule has 0 heterocycles. The highest BCUT2D eigenvalue weighted by molar-refractivity contribution is 7.47. The van der Waals surface area contributed by atoms with Gasteiger partial charge in [0, 0.05) is 12.8 Å². The van der Waals surface area contributed by atoms with Gasteiger partial charge < -0.3 is 34.8 Å². The summed E-state index contributed by atoms with van der Waals surface area (Å²) < 4.78 is 32.5. The molecule has 0 aliphatic rings. The zero-order chi connectivity index (χ0) is 45.1. The number of hydrogen-bond donors (Lipinski definition) is 5. The third kappa shape index (κ3) is 41.7. The second-order valence-corrected chi connectivity index (χ2v) is 15.8. The Morgan fingerprint density at radius 3 is 1.74 bits per heavy atom. The Bertz CT molecular complexity index is 1410. The molecule has 0 aromatic heterocycles. The summed E-state index contributed by atoms with van der Waals surface area (Å²) in [6.45, 7) is 1.86. The van der Waals surface area contributed by atoms with Crippen LogP contribution in [0.15, 0.2) is 109 Å². The van der Waals surface area contributed by atoms with Gasteiger partial charge in [-0.05, 0) is 83.5 Å². The van der Waals surface area contributed by atoms with Crippen LogP contribution in [0.5, 0.6) is 0 Å². The topological polar surface area (TPSA) is 189 Å². The highest BCUT2D eigenvalue weighted by atomic mass is 31.2. The normalized spacial score (nSPS) is 15.9. The molecule has 0 aromatic carbocycles. The summed E-state index contributed by atoms with van der Waals surface area (Å²) in [6.07, 6.45) is 45.4. The zero-order valence-corrected chi connectivity index (χ0v) is 37.7. The monoisotopic (exact) mass is 877 g/mol. The third-order valence-electron chi connectivity index (χ3n) is 8.60. The van der Waals surface area contributed by atoms with Crippen LogP contribution in [0.4, 0.5) is 0 Å². The Labute approximate surface area is 366 Å². The number of carbonyl (C=O) groups excluding carboxylic acids is 2. The van der Waals surface area contributed by atoms with E-state index in [0.29, 0.717) is 19.3 Å². The number of allylic oxidation sites excluding steroid dienone is 15. The second-order valence-electron chi connectivity index (χ2n) is 14.4. The molecule has 0 radical (unpaired) electrons. The van der Waals surface area contributed by atoms with E-state index in [-0.39, 0.29) is 19.3 Å². The van der Waals surface area contributed by atoms with Crippen LogP contribution in [-0.4, -0.2) is 88.1 Å². The lowest BCUT2D eigenvalue weighted by Crippen LogP contribution is -2.30. The van der Waals surface area contributed by atoms with E-state index in [1.165, 1.54) is 12.8 Å². The number of ether oxygens (including phenoxy) is 2. The van der Waals surface area contributed by atoms with Crippen molar-refractivity contribution in [2.75, 3.05) is 26.4 Å². The second kappa shape index (κ2) is 41.9. The molecule has 13 heteroatoms. The minimum absolute atomic E-state index is 0.0333. The smallest absolute Gasteiger partial charge is 0.462 e. The molecule has 0 spiro atoms. The highest BCUT2D eigenvalue weighted by Gasteiger charge is 2.27. The molecule has 0 aliphatic heterocycles. The van der Waals surface area contributed by atoms with Gasteiger partial charge in [0.05, 0.1) is 32.0 Å². The number of aliphatic hydroxyl groups excluding tert-OH is 4. The first-order valence-corrected chi connectivity index (χ1v) is 23.6. The van der Waals surface area contributed by atoms with Crippen LogP contribution in [0.2, 0.25) is 0 Å². The van der Waals surface area contributed by atoms with Crippen LogP contribution < -0.4 is 0 Å². The van der Waals surface area contributed by atoms with E-state index in [9.17, 15) is 34.4 Å². The molecule has 0 saturated carbocycles. The Kier molecular flexibility index (Phi) is 39.5.